The van der Waals surface area contributed by atoms with Crippen LogP contribution in [0.5, 0.6) is 0 Å². The lowest BCUT2D eigenvalue weighted by atomic mass is 9.96. The molecule has 0 saturated heterocycles. The number of hydrogen-bond acceptors (Lipinski definition) is 6. The van der Waals surface area contributed by atoms with Gasteiger partial charge >= 0.3 is 0 Å². The third kappa shape index (κ3) is 3.81. The molecular formula is C18H23N3O3S. The monoisotopic (exact) mass is 361 g/mol. The van der Waals surface area contributed by atoms with Crippen LogP contribution < -0.4 is 5.32 Å². The Morgan fingerprint density at radius 1 is 1.24 bits per heavy atom. The first kappa shape index (κ1) is 17.8. The minimum atomic E-state index is -0.549. The van der Waals surface area contributed by atoms with Gasteiger partial charge in [-0.3, -0.25) is 9.59 Å². The normalized spacial score (nSPS) is 16.1. The minimum Gasteiger partial charge on any atom is -0.343 e. The second-order valence-electron chi connectivity index (χ2n) is 6.72. The summed E-state index contributed by atoms with van der Waals surface area (Å²) in [6, 6.07) is 1.90. The second-order valence-corrected chi connectivity index (χ2v) is 8.18. The average molecular weight is 361 g/mol. The number of Topliss-reactive ketones (excluding diaryl/α,β-unsaturated/α-hetero) is 1. The van der Waals surface area contributed by atoms with Gasteiger partial charge in [0.1, 0.15) is 5.54 Å². The van der Waals surface area contributed by atoms with Crippen molar-refractivity contribution in [2.24, 2.45) is 0 Å². The Balaban J connectivity index is 1.63. The van der Waals surface area contributed by atoms with Crippen LogP contribution in [0.1, 0.15) is 70.4 Å². The van der Waals surface area contributed by atoms with Gasteiger partial charge in [0, 0.05) is 35.1 Å². The van der Waals surface area contributed by atoms with Crippen LogP contribution in [0.15, 0.2) is 10.6 Å². The van der Waals surface area contributed by atoms with E-state index >= 15 is 0 Å². The number of nitrogens with one attached hydrogen (secondary N) is 1. The van der Waals surface area contributed by atoms with Crippen LogP contribution in [0.4, 0.5) is 0 Å². The summed E-state index contributed by atoms with van der Waals surface area (Å²) in [4.78, 5) is 31.3. The van der Waals surface area contributed by atoms with Crippen LogP contribution in [-0.2, 0) is 10.3 Å². The molecule has 0 unspecified atom stereocenters. The van der Waals surface area contributed by atoms with E-state index in [0.29, 0.717) is 11.7 Å². The highest BCUT2D eigenvalue weighted by molar-refractivity contribution is 7.12. The van der Waals surface area contributed by atoms with Crippen LogP contribution in [0.3, 0.4) is 0 Å². The zero-order valence-electron chi connectivity index (χ0n) is 14.8. The van der Waals surface area contributed by atoms with Crippen molar-refractivity contribution < 1.29 is 14.1 Å². The predicted molar refractivity (Wildman–Crippen MR) is 94.7 cm³/mol. The molecule has 0 radical (unpaired) electrons. The van der Waals surface area contributed by atoms with Gasteiger partial charge < -0.3 is 9.84 Å². The fourth-order valence-corrected chi connectivity index (χ4v) is 4.42. The molecule has 3 rings (SSSR count). The van der Waals surface area contributed by atoms with Gasteiger partial charge in [0.05, 0.1) is 0 Å². The number of carbonyl (C=O) groups excluding carboxylic acids is 2. The van der Waals surface area contributed by atoms with Gasteiger partial charge in [-0.05, 0) is 32.8 Å². The van der Waals surface area contributed by atoms with E-state index in [1.807, 2.05) is 19.9 Å². The van der Waals surface area contributed by atoms with E-state index in [-0.39, 0.29) is 24.5 Å². The summed E-state index contributed by atoms with van der Waals surface area (Å²) in [5.41, 5.74) is 0.187. The Hall–Kier alpha value is -2.02. The van der Waals surface area contributed by atoms with Crippen LogP contribution in [0.2, 0.25) is 0 Å². The Bertz CT molecular complexity index is 787. The molecule has 0 atom stereocenters. The molecule has 134 valence electrons. The Kier molecular flexibility index (Phi) is 5.03. The van der Waals surface area contributed by atoms with Gasteiger partial charge in [0.15, 0.2) is 11.6 Å². The Morgan fingerprint density at radius 2 is 1.96 bits per heavy atom. The summed E-state index contributed by atoms with van der Waals surface area (Å²) in [6.07, 6.45) is 4.01. The number of thiophene rings is 1. The summed E-state index contributed by atoms with van der Waals surface area (Å²) in [6.45, 7) is 5.67. The molecule has 2 heterocycles. The van der Waals surface area contributed by atoms with Crippen LogP contribution >= 0.6 is 11.3 Å². The van der Waals surface area contributed by atoms with Crippen LogP contribution in [0, 0.1) is 20.8 Å². The fourth-order valence-electron chi connectivity index (χ4n) is 3.48. The average Bonchev–Trinajstić information content (AvgIpc) is 3.26. The highest BCUT2D eigenvalue weighted by atomic mass is 32.1. The summed E-state index contributed by atoms with van der Waals surface area (Å²) in [7, 11) is 0. The van der Waals surface area contributed by atoms with Crippen LogP contribution in [0.25, 0.3) is 0 Å². The molecule has 0 aliphatic heterocycles. The molecular weight excluding hydrogens is 338 g/mol. The van der Waals surface area contributed by atoms with Gasteiger partial charge in [-0.2, -0.15) is 4.98 Å². The first-order valence-corrected chi connectivity index (χ1v) is 9.43. The number of ketones is 1. The third-order valence-electron chi connectivity index (χ3n) is 4.71. The van der Waals surface area contributed by atoms with Crippen LogP contribution in [-0.4, -0.2) is 21.8 Å². The number of aryl methyl sites for hydroxylation is 3. The molecule has 6 nitrogen and oxygen atoms in total. The standard InChI is InChI=1S/C18H23N3O3S/c1-11-10-14(12(2)25-11)15(22)6-7-16(23)20-18(8-4-5-9-18)17-19-13(3)24-21-17/h10H,4-9H2,1-3H3,(H,20,23). The molecule has 1 amide bonds. The summed E-state index contributed by atoms with van der Waals surface area (Å²) < 4.78 is 5.09. The Morgan fingerprint density at radius 3 is 2.52 bits per heavy atom. The topological polar surface area (TPSA) is 85.1 Å². The van der Waals surface area contributed by atoms with E-state index in [0.717, 1.165) is 41.0 Å². The van der Waals surface area contributed by atoms with Gasteiger partial charge in [0.25, 0.3) is 0 Å². The zero-order chi connectivity index (χ0) is 18.0. The molecule has 1 aliphatic carbocycles. The van der Waals surface area contributed by atoms with Gasteiger partial charge in [-0.15, -0.1) is 11.3 Å². The molecule has 2 aromatic heterocycles. The van der Waals surface area contributed by atoms with E-state index in [2.05, 4.69) is 15.5 Å². The fraction of sp³-hybridized carbons (Fsp3) is 0.556. The summed E-state index contributed by atoms with van der Waals surface area (Å²) in [5.74, 6) is 0.927. The van der Waals surface area contributed by atoms with Crippen molar-refractivity contribution >= 4 is 23.0 Å². The predicted octanol–water partition coefficient (Wildman–Crippen LogP) is 3.60. The lowest BCUT2D eigenvalue weighted by Crippen LogP contribution is -2.44. The highest BCUT2D eigenvalue weighted by Gasteiger charge is 2.41. The lowest BCUT2D eigenvalue weighted by molar-refractivity contribution is -0.123. The van der Waals surface area contributed by atoms with E-state index in [4.69, 9.17) is 4.52 Å². The van der Waals surface area contributed by atoms with E-state index < -0.39 is 5.54 Å². The molecule has 1 fully saturated rings. The molecule has 2 aromatic rings. The van der Waals surface area contributed by atoms with Crippen molar-refractivity contribution in [2.75, 3.05) is 0 Å². The molecule has 7 heteroatoms. The number of carbonyl (C=O) groups is 2. The van der Waals surface area contributed by atoms with Crippen molar-refractivity contribution in [3.05, 3.63) is 33.1 Å². The first-order valence-electron chi connectivity index (χ1n) is 8.62. The van der Waals surface area contributed by atoms with E-state index in [1.165, 1.54) is 0 Å². The van der Waals surface area contributed by atoms with E-state index in [9.17, 15) is 9.59 Å². The number of hydrogen-bond donors (Lipinski definition) is 1. The van der Waals surface area contributed by atoms with Gasteiger partial charge in [-0.1, -0.05) is 18.0 Å². The van der Waals surface area contributed by atoms with Crippen molar-refractivity contribution in [2.45, 2.75) is 64.8 Å². The molecule has 0 spiro atoms. The molecule has 1 N–H and O–H groups in total. The maximum Gasteiger partial charge on any atom is 0.223 e. The zero-order valence-corrected chi connectivity index (χ0v) is 15.7. The van der Waals surface area contributed by atoms with Crippen molar-refractivity contribution in [1.29, 1.82) is 0 Å². The second kappa shape index (κ2) is 7.07. The smallest absolute Gasteiger partial charge is 0.223 e. The molecule has 0 aromatic carbocycles. The highest BCUT2D eigenvalue weighted by Crippen LogP contribution is 2.37. The molecule has 1 aliphatic rings. The quantitative estimate of drug-likeness (QED) is 0.795. The number of rotatable bonds is 6. The largest absolute Gasteiger partial charge is 0.343 e. The third-order valence-corrected chi connectivity index (χ3v) is 5.68. The molecule has 1 saturated carbocycles. The lowest BCUT2D eigenvalue weighted by Gasteiger charge is -2.26. The molecule has 0 bridgehead atoms. The van der Waals surface area contributed by atoms with E-state index in [1.54, 1.807) is 18.3 Å². The summed E-state index contributed by atoms with van der Waals surface area (Å²) >= 11 is 1.61. The molecule has 25 heavy (non-hydrogen) atoms. The maximum atomic E-state index is 12.5. The SMILES string of the molecule is Cc1nc(C2(NC(=O)CCC(=O)c3cc(C)sc3C)CCCC2)no1. The van der Waals surface area contributed by atoms with Gasteiger partial charge in [0.2, 0.25) is 11.8 Å². The number of aromatic nitrogens is 2. The van der Waals surface area contributed by atoms with Crippen molar-refractivity contribution in [1.82, 2.24) is 15.5 Å². The number of amides is 1. The minimum absolute atomic E-state index is 0.0212. The van der Waals surface area contributed by atoms with Crippen molar-refractivity contribution in [3.8, 4) is 0 Å². The van der Waals surface area contributed by atoms with Crippen molar-refractivity contribution in [3.63, 3.8) is 0 Å². The first-order chi connectivity index (χ1) is 11.9. The number of nitrogens with zero attached hydrogens (tertiary/aromatic N) is 2. The summed E-state index contributed by atoms with van der Waals surface area (Å²) in [5, 5.41) is 7.09. The van der Waals surface area contributed by atoms with Gasteiger partial charge in [-0.25, -0.2) is 0 Å². The Labute approximate surface area is 151 Å². The maximum absolute atomic E-state index is 12.5.